The van der Waals surface area contributed by atoms with Gasteiger partial charge in [-0.1, -0.05) is 24.3 Å². The maximum absolute atomic E-state index is 12.8. The van der Waals surface area contributed by atoms with Crippen molar-refractivity contribution in [2.24, 2.45) is 0 Å². The third-order valence-corrected chi connectivity index (χ3v) is 8.70. The molecule has 0 saturated heterocycles. The lowest BCUT2D eigenvalue weighted by Gasteiger charge is -2.14. The van der Waals surface area contributed by atoms with Gasteiger partial charge in [0.1, 0.15) is 11.5 Å². The van der Waals surface area contributed by atoms with Gasteiger partial charge in [0, 0.05) is 36.2 Å². The number of rotatable bonds is 6. The van der Waals surface area contributed by atoms with Gasteiger partial charge in [-0.25, -0.2) is 22.8 Å². The number of halogens is 6. The summed E-state index contributed by atoms with van der Waals surface area (Å²) in [5, 5.41) is 20.2. The number of nitriles is 2. The van der Waals surface area contributed by atoms with E-state index in [1.807, 2.05) is 12.1 Å². The Morgan fingerprint density at radius 2 is 1.05 bits per heavy atom. The minimum atomic E-state index is -4.91. The fourth-order valence-corrected chi connectivity index (χ4v) is 7.07. The van der Waals surface area contributed by atoms with Crippen LogP contribution in [0.5, 0.6) is 11.5 Å². The van der Waals surface area contributed by atoms with Gasteiger partial charge in [0.2, 0.25) is 0 Å². The molecule has 0 aliphatic carbocycles. The molecule has 44 heavy (non-hydrogen) atoms. The monoisotopic (exact) mass is 638 g/mol. The van der Waals surface area contributed by atoms with Crippen LogP contribution in [-0.2, 0) is 0 Å². The number of alkyl halides is 6. The second-order valence-electron chi connectivity index (χ2n) is 9.00. The molecule has 0 aliphatic heterocycles. The van der Waals surface area contributed by atoms with Crippen molar-refractivity contribution in [1.82, 2.24) is 0 Å². The van der Waals surface area contributed by atoms with Gasteiger partial charge in [-0.2, -0.15) is 10.5 Å². The van der Waals surface area contributed by atoms with Crippen LogP contribution >= 0.6 is 22.7 Å². The molecule has 2 heterocycles. The van der Waals surface area contributed by atoms with Gasteiger partial charge in [0.05, 0.1) is 12.1 Å². The zero-order valence-corrected chi connectivity index (χ0v) is 23.3. The molecular formula is C30H12F6N4O2S2. The summed E-state index contributed by atoms with van der Waals surface area (Å²) in [6.07, 6.45) is -11.0. The predicted molar refractivity (Wildman–Crippen MR) is 151 cm³/mol. The van der Waals surface area contributed by atoms with E-state index in [9.17, 15) is 36.9 Å². The third kappa shape index (κ3) is 5.95. The van der Waals surface area contributed by atoms with Gasteiger partial charge in [-0.05, 0) is 47.5 Å². The van der Waals surface area contributed by atoms with Gasteiger partial charge in [0.15, 0.2) is 10.8 Å². The summed E-state index contributed by atoms with van der Waals surface area (Å²) in [6.45, 7) is 15.0. The van der Waals surface area contributed by atoms with Crippen LogP contribution in [0.25, 0.3) is 52.1 Å². The standard InChI is InChI=1S/C30H12F6N4O2S2/c1-39-28(40-2)23-12-21-25(16-5-9-19(10-6-16)42-30(34,35)36)26-20(11-22(43-26)17(13-37)14-38)24(27(21)44-23)15-3-7-18(8-4-15)41-29(31,32)33/h3-12,17,28H. The van der Waals surface area contributed by atoms with Crippen LogP contribution in [0.4, 0.5) is 26.3 Å². The molecule has 0 fully saturated rings. The summed E-state index contributed by atoms with van der Waals surface area (Å²) in [4.78, 5) is 7.51. The van der Waals surface area contributed by atoms with E-state index in [0.29, 0.717) is 52.2 Å². The number of fused-ring (bicyclic) bond motifs is 2. The molecule has 14 heteroatoms. The molecule has 218 valence electrons. The molecule has 5 aromatic rings. The van der Waals surface area contributed by atoms with Gasteiger partial charge in [-0.3, -0.25) is 0 Å². The Hall–Kier alpha value is -5.28. The molecule has 6 nitrogen and oxygen atoms in total. The van der Waals surface area contributed by atoms with Gasteiger partial charge < -0.3 is 9.47 Å². The Morgan fingerprint density at radius 3 is 1.41 bits per heavy atom. The quantitative estimate of drug-likeness (QED) is 0.137. The second kappa shape index (κ2) is 11.4. The Morgan fingerprint density at radius 1 is 0.659 bits per heavy atom. The maximum Gasteiger partial charge on any atom is 0.573 e. The molecule has 0 spiro atoms. The van der Waals surface area contributed by atoms with Crippen molar-refractivity contribution in [2.45, 2.75) is 24.8 Å². The van der Waals surface area contributed by atoms with Crippen LogP contribution < -0.4 is 9.47 Å². The molecule has 0 saturated carbocycles. The van der Waals surface area contributed by atoms with E-state index >= 15 is 0 Å². The highest BCUT2D eigenvalue weighted by molar-refractivity contribution is 7.22. The number of benzene rings is 3. The number of ether oxygens (including phenoxy) is 2. The SMILES string of the molecule is [C-]#[N+]C([N+]#[C-])c1cc2c(-c3ccc(OC(F)(F)F)cc3)c3sc(C(C#N)C#N)cc3c(-c3ccc(OC(F)(F)F)cc3)c2s1. The minimum Gasteiger partial charge on any atom is -0.406 e. The summed E-state index contributed by atoms with van der Waals surface area (Å²) in [5.74, 6) is -2.07. The molecule has 0 aliphatic rings. The van der Waals surface area contributed by atoms with Crippen molar-refractivity contribution < 1.29 is 35.8 Å². The van der Waals surface area contributed by atoms with E-state index < -0.39 is 36.3 Å². The molecular weight excluding hydrogens is 626 g/mol. The third-order valence-electron chi connectivity index (χ3n) is 6.29. The van der Waals surface area contributed by atoms with E-state index in [1.54, 1.807) is 12.1 Å². The molecule has 0 unspecified atom stereocenters. The molecule has 0 radical (unpaired) electrons. The minimum absolute atomic E-state index is 0.375. The average molecular weight is 639 g/mol. The fraction of sp³-hybridized carbons (Fsp3) is 0.133. The Bertz CT molecular complexity index is 1820. The van der Waals surface area contributed by atoms with Crippen molar-refractivity contribution in [2.75, 3.05) is 0 Å². The second-order valence-corrected chi connectivity index (χ2v) is 11.2. The van der Waals surface area contributed by atoms with Crippen LogP contribution in [0, 0.1) is 35.8 Å². The summed E-state index contributed by atoms with van der Waals surface area (Å²) in [6, 6.07) is 17.2. The number of nitrogens with zero attached hydrogens (tertiary/aromatic N) is 4. The van der Waals surface area contributed by atoms with Crippen LogP contribution in [0.1, 0.15) is 21.8 Å². The summed E-state index contributed by atoms with van der Waals surface area (Å²) in [5.41, 5.74) is 1.91. The van der Waals surface area contributed by atoms with Gasteiger partial charge >= 0.3 is 18.9 Å². The van der Waals surface area contributed by atoms with Crippen LogP contribution in [-0.4, -0.2) is 12.7 Å². The van der Waals surface area contributed by atoms with Crippen molar-refractivity contribution in [3.63, 3.8) is 0 Å². The largest absolute Gasteiger partial charge is 0.573 e. The molecule has 5 rings (SSSR count). The molecule has 0 N–H and O–H groups in total. The Balaban J connectivity index is 1.85. The summed E-state index contributed by atoms with van der Waals surface area (Å²) < 4.78 is 85.9. The molecule has 0 amide bonds. The maximum atomic E-state index is 12.8. The summed E-state index contributed by atoms with van der Waals surface area (Å²) in [7, 11) is 0. The highest BCUT2D eigenvalue weighted by Gasteiger charge is 2.33. The lowest BCUT2D eigenvalue weighted by atomic mass is 9.93. The molecule has 2 aromatic heterocycles. The smallest absolute Gasteiger partial charge is 0.406 e. The topological polar surface area (TPSA) is 74.8 Å². The summed E-state index contributed by atoms with van der Waals surface area (Å²) >= 11 is 2.22. The van der Waals surface area contributed by atoms with Crippen LogP contribution in [0.3, 0.4) is 0 Å². The first-order chi connectivity index (χ1) is 20.9. The van der Waals surface area contributed by atoms with E-state index in [0.717, 1.165) is 46.9 Å². The van der Waals surface area contributed by atoms with Gasteiger partial charge in [-0.15, -0.1) is 49.0 Å². The first-order valence-corrected chi connectivity index (χ1v) is 13.8. The van der Waals surface area contributed by atoms with Crippen molar-refractivity contribution >= 4 is 42.8 Å². The van der Waals surface area contributed by atoms with E-state index in [1.165, 1.54) is 24.3 Å². The number of hydrogen-bond acceptors (Lipinski definition) is 6. The van der Waals surface area contributed by atoms with Gasteiger partial charge in [0.25, 0.3) is 0 Å². The van der Waals surface area contributed by atoms with Crippen LogP contribution in [0.2, 0.25) is 0 Å². The lowest BCUT2D eigenvalue weighted by Crippen LogP contribution is -2.16. The van der Waals surface area contributed by atoms with E-state index in [-0.39, 0.29) is 0 Å². The zero-order valence-electron chi connectivity index (χ0n) is 21.6. The first-order valence-electron chi connectivity index (χ1n) is 12.1. The highest BCUT2D eigenvalue weighted by atomic mass is 32.1. The normalized spacial score (nSPS) is 11.7. The van der Waals surface area contributed by atoms with E-state index in [2.05, 4.69) is 19.2 Å². The average Bonchev–Trinajstić information content (AvgIpc) is 3.58. The molecule has 3 aromatic carbocycles. The van der Waals surface area contributed by atoms with Crippen molar-refractivity contribution in [3.8, 4) is 45.9 Å². The van der Waals surface area contributed by atoms with E-state index in [4.69, 9.17) is 13.1 Å². The molecule has 0 atom stereocenters. The van der Waals surface area contributed by atoms with Crippen LogP contribution in [0.15, 0.2) is 60.7 Å². The Labute approximate surface area is 252 Å². The molecule has 0 bridgehead atoms. The van der Waals surface area contributed by atoms with Crippen molar-refractivity contribution in [1.29, 1.82) is 10.5 Å². The van der Waals surface area contributed by atoms with Crippen molar-refractivity contribution in [3.05, 3.63) is 93.3 Å². The predicted octanol–water partition coefficient (Wildman–Crippen LogP) is 10.2. The fourth-order valence-electron chi connectivity index (χ4n) is 4.61. The number of hydrogen-bond donors (Lipinski definition) is 0. The lowest BCUT2D eigenvalue weighted by molar-refractivity contribution is -0.275. The number of thiophene rings is 2. The zero-order chi connectivity index (χ0) is 31.8. The first kappa shape index (κ1) is 30.2. The highest BCUT2D eigenvalue weighted by Crippen LogP contribution is 2.51. The Kier molecular flexibility index (Phi) is 7.84.